The third kappa shape index (κ3) is 2.95. The molecular weight excluding hydrogens is 162 g/mol. The van der Waals surface area contributed by atoms with Crippen LogP contribution >= 0.6 is 0 Å². The Hall–Kier alpha value is -1.22. The molecule has 1 aromatic rings. The predicted molar refractivity (Wildman–Crippen MR) is 52.1 cm³/mol. The standard InChI is InChI=1S/C10H13N3/c1(6-12-10-3-4-10)2-9-5-7-11-8-13-9/h1-2,5,7-8,10,12H,3-4,6H2. The van der Waals surface area contributed by atoms with E-state index in [1.165, 1.54) is 12.8 Å². The van der Waals surface area contributed by atoms with Crippen molar-refractivity contribution in [1.29, 1.82) is 0 Å². The van der Waals surface area contributed by atoms with Crippen LogP contribution < -0.4 is 5.32 Å². The summed E-state index contributed by atoms with van der Waals surface area (Å²) in [4.78, 5) is 7.94. The van der Waals surface area contributed by atoms with E-state index in [-0.39, 0.29) is 0 Å². The first-order valence-electron chi connectivity index (χ1n) is 4.61. The van der Waals surface area contributed by atoms with Crippen LogP contribution in [0.15, 0.2) is 24.7 Å². The minimum atomic E-state index is 0.773. The van der Waals surface area contributed by atoms with E-state index in [0.717, 1.165) is 18.3 Å². The van der Waals surface area contributed by atoms with E-state index in [2.05, 4.69) is 21.4 Å². The van der Waals surface area contributed by atoms with Crippen LogP contribution in [-0.4, -0.2) is 22.6 Å². The molecule has 0 spiro atoms. The molecule has 3 nitrogen and oxygen atoms in total. The normalized spacial score (nSPS) is 16.6. The van der Waals surface area contributed by atoms with Gasteiger partial charge in [-0.15, -0.1) is 0 Å². The highest BCUT2D eigenvalue weighted by Gasteiger charge is 2.18. The molecule has 0 saturated heterocycles. The van der Waals surface area contributed by atoms with Crippen molar-refractivity contribution in [3.8, 4) is 0 Å². The van der Waals surface area contributed by atoms with Crippen LogP contribution in [0.5, 0.6) is 0 Å². The third-order valence-corrected chi connectivity index (χ3v) is 2.00. The number of hydrogen-bond donors (Lipinski definition) is 1. The van der Waals surface area contributed by atoms with E-state index in [1.807, 2.05) is 12.1 Å². The molecule has 1 heterocycles. The summed E-state index contributed by atoms with van der Waals surface area (Å²) in [6, 6.07) is 2.67. The molecule has 0 bridgehead atoms. The van der Waals surface area contributed by atoms with Crippen LogP contribution in [0, 0.1) is 0 Å². The lowest BCUT2D eigenvalue weighted by atomic mass is 10.3. The molecule has 1 saturated carbocycles. The zero-order valence-electron chi connectivity index (χ0n) is 7.48. The molecule has 0 aromatic carbocycles. The highest BCUT2D eigenvalue weighted by atomic mass is 14.9. The Morgan fingerprint density at radius 3 is 3.15 bits per heavy atom. The molecule has 0 radical (unpaired) electrons. The van der Waals surface area contributed by atoms with Crippen molar-refractivity contribution in [2.75, 3.05) is 6.54 Å². The fourth-order valence-electron chi connectivity index (χ4n) is 1.10. The van der Waals surface area contributed by atoms with Crippen molar-refractivity contribution in [2.45, 2.75) is 18.9 Å². The van der Waals surface area contributed by atoms with Gasteiger partial charge in [-0.1, -0.05) is 6.08 Å². The molecule has 1 aromatic heterocycles. The minimum absolute atomic E-state index is 0.773. The van der Waals surface area contributed by atoms with E-state index in [1.54, 1.807) is 12.5 Å². The van der Waals surface area contributed by atoms with Gasteiger partial charge in [-0.2, -0.15) is 0 Å². The quantitative estimate of drug-likeness (QED) is 0.748. The van der Waals surface area contributed by atoms with Gasteiger partial charge in [-0.05, 0) is 25.0 Å². The molecule has 1 aliphatic rings. The zero-order chi connectivity index (χ0) is 8.93. The number of nitrogens with zero attached hydrogens (tertiary/aromatic N) is 2. The van der Waals surface area contributed by atoms with Gasteiger partial charge in [0.15, 0.2) is 0 Å². The van der Waals surface area contributed by atoms with Crippen LogP contribution in [0.1, 0.15) is 18.5 Å². The van der Waals surface area contributed by atoms with Gasteiger partial charge in [0, 0.05) is 18.8 Å². The van der Waals surface area contributed by atoms with Crippen molar-refractivity contribution in [1.82, 2.24) is 15.3 Å². The second-order valence-electron chi connectivity index (χ2n) is 3.22. The molecule has 0 unspecified atom stereocenters. The molecule has 1 N–H and O–H groups in total. The Kier molecular flexibility index (Phi) is 2.67. The number of rotatable bonds is 4. The number of nitrogens with one attached hydrogen (secondary N) is 1. The summed E-state index contributed by atoms with van der Waals surface area (Å²) in [5.41, 5.74) is 0.965. The van der Waals surface area contributed by atoms with Gasteiger partial charge in [-0.3, -0.25) is 0 Å². The van der Waals surface area contributed by atoms with Gasteiger partial charge in [0.05, 0.1) is 5.69 Å². The van der Waals surface area contributed by atoms with Gasteiger partial charge >= 0.3 is 0 Å². The molecule has 0 aliphatic heterocycles. The lowest BCUT2D eigenvalue weighted by molar-refractivity contribution is 0.754. The molecule has 68 valence electrons. The lowest BCUT2D eigenvalue weighted by Gasteiger charge is -1.94. The van der Waals surface area contributed by atoms with E-state index < -0.39 is 0 Å². The molecular formula is C10H13N3. The summed E-state index contributed by atoms with van der Waals surface area (Å²) in [6.45, 7) is 0.939. The van der Waals surface area contributed by atoms with Gasteiger partial charge in [0.25, 0.3) is 0 Å². The highest BCUT2D eigenvalue weighted by molar-refractivity contribution is 5.43. The first-order valence-corrected chi connectivity index (χ1v) is 4.61. The van der Waals surface area contributed by atoms with Crippen LogP contribution in [0.25, 0.3) is 6.08 Å². The lowest BCUT2D eigenvalue weighted by Crippen LogP contribution is -2.15. The topological polar surface area (TPSA) is 37.8 Å². The van der Waals surface area contributed by atoms with Gasteiger partial charge in [-0.25, -0.2) is 9.97 Å². The first-order chi connectivity index (χ1) is 6.45. The summed E-state index contributed by atoms with van der Waals surface area (Å²) < 4.78 is 0. The highest BCUT2D eigenvalue weighted by Crippen LogP contribution is 2.17. The Labute approximate surface area is 77.9 Å². The molecule has 0 atom stereocenters. The van der Waals surface area contributed by atoms with Crippen molar-refractivity contribution in [3.05, 3.63) is 30.4 Å². The summed E-state index contributed by atoms with van der Waals surface area (Å²) in [5, 5.41) is 3.40. The molecule has 13 heavy (non-hydrogen) atoms. The third-order valence-electron chi connectivity index (χ3n) is 2.00. The maximum absolute atomic E-state index is 4.09. The Balaban J connectivity index is 1.76. The SMILES string of the molecule is C(=Cc1ccncn1)CNC1CC1. The summed E-state index contributed by atoms with van der Waals surface area (Å²) in [7, 11) is 0. The Bertz CT molecular complexity index is 277. The fourth-order valence-corrected chi connectivity index (χ4v) is 1.10. The van der Waals surface area contributed by atoms with Gasteiger partial charge in [0.1, 0.15) is 6.33 Å². The van der Waals surface area contributed by atoms with E-state index in [0.29, 0.717) is 0 Å². The largest absolute Gasteiger partial charge is 0.311 e. The van der Waals surface area contributed by atoms with Gasteiger partial charge < -0.3 is 5.32 Å². The fraction of sp³-hybridized carbons (Fsp3) is 0.400. The summed E-state index contributed by atoms with van der Waals surface area (Å²) in [5.74, 6) is 0. The Morgan fingerprint density at radius 2 is 2.46 bits per heavy atom. The number of aromatic nitrogens is 2. The molecule has 3 heteroatoms. The minimum Gasteiger partial charge on any atom is -0.311 e. The van der Waals surface area contributed by atoms with E-state index >= 15 is 0 Å². The first kappa shape index (κ1) is 8.38. The molecule has 1 fully saturated rings. The summed E-state index contributed by atoms with van der Waals surface area (Å²) >= 11 is 0. The van der Waals surface area contributed by atoms with Crippen molar-refractivity contribution in [3.63, 3.8) is 0 Å². The van der Waals surface area contributed by atoms with Crippen molar-refractivity contribution >= 4 is 6.08 Å². The zero-order valence-corrected chi connectivity index (χ0v) is 7.48. The maximum atomic E-state index is 4.09. The second-order valence-corrected chi connectivity index (χ2v) is 3.22. The van der Waals surface area contributed by atoms with Crippen molar-refractivity contribution in [2.24, 2.45) is 0 Å². The Morgan fingerprint density at radius 1 is 1.54 bits per heavy atom. The van der Waals surface area contributed by atoms with Crippen LogP contribution in [0.3, 0.4) is 0 Å². The second kappa shape index (κ2) is 4.14. The van der Waals surface area contributed by atoms with E-state index in [4.69, 9.17) is 0 Å². The van der Waals surface area contributed by atoms with Crippen molar-refractivity contribution < 1.29 is 0 Å². The van der Waals surface area contributed by atoms with E-state index in [9.17, 15) is 0 Å². The van der Waals surface area contributed by atoms with Crippen LogP contribution in [-0.2, 0) is 0 Å². The van der Waals surface area contributed by atoms with Crippen LogP contribution in [0.2, 0.25) is 0 Å². The molecule has 1 aliphatic carbocycles. The summed E-state index contributed by atoms with van der Waals surface area (Å²) in [6.07, 6.45) is 10.1. The average Bonchev–Trinajstić information content (AvgIpc) is 2.98. The predicted octanol–water partition coefficient (Wildman–Crippen LogP) is 1.24. The molecule has 2 rings (SSSR count). The smallest absolute Gasteiger partial charge is 0.115 e. The molecule has 0 amide bonds. The average molecular weight is 175 g/mol. The number of hydrogen-bond acceptors (Lipinski definition) is 3. The monoisotopic (exact) mass is 175 g/mol. The van der Waals surface area contributed by atoms with Gasteiger partial charge in [0.2, 0.25) is 0 Å². The maximum Gasteiger partial charge on any atom is 0.115 e. The van der Waals surface area contributed by atoms with Crippen LogP contribution in [0.4, 0.5) is 0 Å².